The van der Waals surface area contributed by atoms with Gasteiger partial charge in [-0.3, -0.25) is 14.7 Å². The van der Waals surface area contributed by atoms with E-state index in [1.165, 1.54) is 22.3 Å². The Morgan fingerprint density at radius 2 is 2.10 bits per heavy atom. The van der Waals surface area contributed by atoms with Gasteiger partial charge < -0.3 is 9.84 Å². The van der Waals surface area contributed by atoms with Crippen LogP contribution in [0.1, 0.15) is 41.3 Å². The Morgan fingerprint density at radius 3 is 2.83 bits per heavy atom. The molecule has 0 spiro atoms. The second-order valence-electron chi connectivity index (χ2n) is 8.17. The van der Waals surface area contributed by atoms with Crippen LogP contribution in [0.25, 0.3) is 5.57 Å². The molecular formula is C24H25N3O3. The fourth-order valence-electron chi connectivity index (χ4n) is 4.14. The number of nitriles is 1. The maximum Gasteiger partial charge on any atom is 0.309 e. The molecule has 0 saturated carbocycles. The molecule has 0 radical (unpaired) electrons. The SMILES string of the molecule is CC1=C(CN2CC(C(=O)O)C2)CCc2cc(OCc3cc(C#N)c(C)cn3)ccc21. The van der Waals surface area contributed by atoms with Crippen molar-refractivity contribution in [3.8, 4) is 11.8 Å². The quantitative estimate of drug-likeness (QED) is 0.793. The number of nitrogens with zero attached hydrogens (tertiary/aromatic N) is 3. The summed E-state index contributed by atoms with van der Waals surface area (Å²) in [6.07, 6.45) is 3.65. The predicted molar refractivity (Wildman–Crippen MR) is 113 cm³/mol. The van der Waals surface area contributed by atoms with Crippen LogP contribution in [0.3, 0.4) is 0 Å². The van der Waals surface area contributed by atoms with Crippen molar-refractivity contribution in [1.82, 2.24) is 9.88 Å². The van der Waals surface area contributed by atoms with Gasteiger partial charge in [0.2, 0.25) is 0 Å². The average molecular weight is 403 g/mol. The number of fused-ring (bicyclic) bond motifs is 1. The largest absolute Gasteiger partial charge is 0.487 e. The molecule has 1 N–H and O–H groups in total. The van der Waals surface area contributed by atoms with Crippen LogP contribution in [-0.2, 0) is 17.8 Å². The van der Waals surface area contributed by atoms with Crippen molar-refractivity contribution in [2.45, 2.75) is 33.3 Å². The third-order valence-electron chi connectivity index (χ3n) is 6.10. The number of carbonyl (C=O) groups is 1. The third-order valence-corrected chi connectivity index (χ3v) is 6.10. The van der Waals surface area contributed by atoms with Crippen LogP contribution in [0.15, 0.2) is 36.0 Å². The zero-order chi connectivity index (χ0) is 21.3. The van der Waals surface area contributed by atoms with Crippen LogP contribution in [0.5, 0.6) is 5.75 Å². The molecule has 4 rings (SSSR count). The average Bonchev–Trinajstić information content (AvgIpc) is 2.70. The summed E-state index contributed by atoms with van der Waals surface area (Å²) in [7, 11) is 0. The number of benzene rings is 1. The lowest BCUT2D eigenvalue weighted by molar-refractivity contribution is -0.147. The molecule has 1 aliphatic carbocycles. The molecule has 1 aliphatic heterocycles. The molecule has 1 aromatic carbocycles. The predicted octanol–water partition coefficient (Wildman–Crippen LogP) is 3.58. The van der Waals surface area contributed by atoms with Crippen molar-refractivity contribution >= 4 is 11.5 Å². The Kier molecular flexibility index (Phi) is 5.56. The molecular weight excluding hydrogens is 378 g/mol. The van der Waals surface area contributed by atoms with Gasteiger partial charge in [-0.2, -0.15) is 5.26 Å². The lowest BCUT2D eigenvalue weighted by atomic mass is 9.85. The molecule has 2 aliphatic rings. The van der Waals surface area contributed by atoms with Crippen LogP contribution < -0.4 is 4.74 Å². The van der Waals surface area contributed by atoms with Gasteiger partial charge in [0.1, 0.15) is 12.4 Å². The molecule has 30 heavy (non-hydrogen) atoms. The molecule has 6 nitrogen and oxygen atoms in total. The number of hydrogen-bond donors (Lipinski definition) is 1. The smallest absolute Gasteiger partial charge is 0.309 e. The molecule has 2 aromatic rings. The fraction of sp³-hybridized carbons (Fsp3) is 0.375. The number of carboxylic acid groups (broad SMARTS) is 1. The monoisotopic (exact) mass is 403 g/mol. The van der Waals surface area contributed by atoms with Gasteiger partial charge in [-0.15, -0.1) is 0 Å². The summed E-state index contributed by atoms with van der Waals surface area (Å²) in [6, 6.07) is 10.1. The van der Waals surface area contributed by atoms with Crippen LogP contribution in [0.4, 0.5) is 0 Å². The first-order chi connectivity index (χ1) is 14.4. The highest BCUT2D eigenvalue weighted by atomic mass is 16.5. The van der Waals surface area contributed by atoms with Crippen LogP contribution in [0, 0.1) is 24.2 Å². The van der Waals surface area contributed by atoms with Crippen molar-refractivity contribution < 1.29 is 14.6 Å². The number of hydrogen-bond acceptors (Lipinski definition) is 5. The minimum atomic E-state index is -0.692. The molecule has 0 bridgehead atoms. The highest BCUT2D eigenvalue weighted by Gasteiger charge is 2.33. The van der Waals surface area contributed by atoms with E-state index in [0.29, 0.717) is 25.3 Å². The number of rotatable bonds is 6. The fourth-order valence-corrected chi connectivity index (χ4v) is 4.14. The van der Waals surface area contributed by atoms with Gasteiger partial charge in [0, 0.05) is 25.8 Å². The van der Waals surface area contributed by atoms with E-state index in [9.17, 15) is 4.79 Å². The molecule has 0 amide bonds. The summed E-state index contributed by atoms with van der Waals surface area (Å²) < 4.78 is 5.93. The van der Waals surface area contributed by atoms with Crippen molar-refractivity contribution in [1.29, 1.82) is 5.26 Å². The first-order valence-electron chi connectivity index (χ1n) is 10.2. The summed E-state index contributed by atoms with van der Waals surface area (Å²) in [4.78, 5) is 17.6. The Balaban J connectivity index is 1.42. The van der Waals surface area contributed by atoms with Gasteiger partial charge in [0.25, 0.3) is 0 Å². The molecule has 6 heteroatoms. The lowest BCUT2D eigenvalue weighted by Crippen LogP contribution is -2.50. The molecule has 0 unspecified atom stereocenters. The highest BCUT2D eigenvalue weighted by Crippen LogP contribution is 2.34. The van der Waals surface area contributed by atoms with E-state index in [0.717, 1.165) is 36.4 Å². The summed E-state index contributed by atoms with van der Waals surface area (Å²) in [5, 5.41) is 18.2. The van der Waals surface area contributed by atoms with E-state index in [4.69, 9.17) is 15.1 Å². The van der Waals surface area contributed by atoms with Gasteiger partial charge in [-0.1, -0.05) is 11.6 Å². The molecule has 1 saturated heterocycles. The second-order valence-corrected chi connectivity index (χ2v) is 8.17. The normalized spacial score (nSPS) is 16.6. The molecule has 1 fully saturated rings. The third kappa shape index (κ3) is 4.07. The van der Waals surface area contributed by atoms with Gasteiger partial charge in [0.15, 0.2) is 0 Å². The number of aryl methyl sites for hydroxylation is 2. The Hall–Kier alpha value is -3.17. The van der Waals surface area contributed by atoms with Crippen LogP contribution >= 0.6 is 0 Å². The van der Waals surface area contributed by atoms with Gasteiger partial charge in [-0.05, 0) is 67.2 Å². The van der Waals surface area contributed by atoms with Gasteiger partial charge in [0.05, 0.1) is 23.2 Å². The number of aliphatic carboxylic acids is 1. The summed E-state index contributed by atoms with van der Waals surface area (Å²) in [6.45, 7) is 6.50. The summed E-state index contributed by atoms with van der Waals surface area (Å²) in [5.74, 6) is -0.102. The number of likely N-dealkylation sites (tertiary alicyclic amines) is 1. The lowest BCUT2D eigenvalue weighted by Gasteiger charge is -2.38. The van der Waals surface area contributed by atoms with E-state index in [1.807, 2.05) is 13.0 Å². The van der Waals surface area contributed by atoms with Crippen LogP contribution in [-0.4, -0.2) is 40.6 Å². The first-order valence-corrected chi connectivity index (χ1v) is 10.2. The van der Waals surface area contributed by atoms with E-state index in [1.54, 1.807) is 12.3 Å². The molecule has 154 valence electrons. The number of allylic oxidation sites excluding steroid dienone is 1. The zero-order valence-electron chi connectivity index (χ0n) is 17.3. The Labute approximate surface area is 176 Å². The van der Waals surface area contributed by atoms with E-state index >= 15 is 0 Å². The number of pyridine rings is 1. The minimum Gasteiger partial charge on any atom is -0.487 e. The Bertz CT molecular complexity index is 1060. The molecule has 1 aromatic heterocycles. The van der Waals surface area contributed by atoms with Gasteiger partial charge in [-0.25, -0.2) is 0 Å². The maximum absolute atomic E-state index is 11.0. The van der Waals surface area contributed by atoms with Crippen LogP contribution in [0.2, 0.25) is 0 Å². The molecule has 0 atom stereocenters. The van der Waals surface area contributed by atoms with E-state index in [2.05, 4.69) is 35.0 Å². The standard InChI is InChI=1S/C24H25N3O3/c1-15-10-26-21(7-19(15)9-25)14-30-22-5-6-23-16(2)18(4-3-17(23)8-22)11-27-12-20(13-27)24(28)29/h5-8,10,20H,3-4,11-14H2,1-2H3,(H,28,29). The Morgan fingerprint density at radius 1 is 1.30 bits per heavy atom. The van der Waals surface area contributed by atoms with E-state index in [-0.39, 0.29) is 5.92 Å². The topological polar surface area (TPSA) is 86.5 Å². The second kappa shape index (κ2) is 8.29. The summed E-state index contributed by atoms with van der Waals surface area (Å²) in [5.41, 5.74) is 7.44. The zero-order valence-corrected chi connectivity index (χ0v) is 17.3. The number of carboxylic acids is 1. The highest BCUT2D eigenvalue weighted by molar-refractivity contribution is 5.73. The van der Waals surface area contributed by atoms with Gasteiger partial charge >= 0.3 is 5.97 Å². The molecule has 2 heterocycles. The maximum atomic E-state index is 11.0. The number of ether oxygens (including phenoxy) is 1. The minimum absolute atomic E-state index is 0.214. The van der Waals surface area contributed by atoms with E-state index < -0.39 is 5.97 Å². The number of aromatic nitrogens is 1. The first kappa shape index (κ1) is 20.1. The van der Waals surface area contributed by atoms with Crippen molar-refractivity contribution in [2.24, 2.45) is 5.92 Å². The van der Waals surface area contributed by atoms with Crippen molar-refractivity contribution in [3.05, 3.63) is 64.0 Å². The van der Waals surface area contributed by atoms with Crippen molar-refractivity contribution in [2.75, 3.05) is 19.6 Å². The van der Waals surface area contributed by atoms with Crippen molar-refractivity contribution in [3.63, 3.8) is 0 Å². The summed E-state index contributed by atoms with van der Waals surface area (Å²) >= 11 is 0.